The number of hydrogen-bond donors (Lipinski definition) is 3. The van der Waals surface area contributed by atoms with Gasteiger partial charge in [0.05, 0.1) is 5.69 Å². The number of alkyl carbamates (subject to hydrolysis) is 1. The molecule has 2 aromatic rings. The number of carbonyl (C=O) groups excluding carboxylic acids is 1. The van der Waals surface area contributed by atoms with Crippen LogP contribution in [0, 0.1) is 5.41 Å². The highest BCUT2D eigenvalue weighted by Gasteiger charge is 2.67. The Kier molecular flexibility index (Phi) is 3.58. The maximum atomic E-state index is 12.4. The monoisotopic (exact) mass is 391 g/mol. The van der Waals surface area contributed by atoms with E-state index < -0.39 is 0 Å². The zero-order chi connectivity index (χ0) is 19.5. The summed E-state index contributed by atoms with van der Waals surface area (Å²) >= 11 is 0. The lowest BCUT2D eigenvalue weighted by Gasteiger charge is -2.70. The van der Waals surface area contributed by atoms with Crippen LogP contribution in [0.25, 0.3) is 6.08 Å². The number of anilines is 2. The molecule has 0 unspecified atom stereocenters. The standard InChI is InChI=1S/C22H25N5O2/c28-20-25-22-11-21(12-22,13-22)6-1-2-15-9-16(5-7-23-15)24-19-10-18(26-27-19)14-3-4-17(8-14)29-20/h1-2,5,7,9-10,14,17H,3-4,6,8,11-13H2,(H,25,28)(H2,24,26,27)/b2-1+/t14-,17+,21?,22?/m0/s1. The van der Waals surface area contributed by atoms with E-state index in [4.69, 9.17) is 4.74 Å². The van der Waals surface area contributed by atoms with Gasteiger partial charge >= 0.3 is 6.09 Å². The molecule has 7 heteroatoms. The van der Waals surface area contributed by atoms with Gasteiger partial charge < -0.3 is 15.4 Å². The first kappa shape index (κ1) is 17.1. The van der Waals surface area contributed by atoms with Gasteiger partial charge in [-0.25, -0.2) is 4.79 Å². The van der Waals surface area contributed by atoms with E-state index >= 15 is 0 Å². The summed E-state index contributed by atoms with van der Waals surface area (Å²) in [6.45, 7) is 0. The Balaban J connectivity index is 1.27. The second-order valence-corrected chi connectivity index (χ2v) is 9.38. The first-order valence-electron chi connectivity index (χ1n) is 10.5. The molecule has 4 fully saturated rings. The van der Waals surface area contributed by atoms with Gasteiger partial charge in [-0.2, -0.15) is 5.10 Å². The lowest BCUT2D eigenvalue weighted by atomic mass is 9.38. The van der Waals surface area contributed by atoms with Gasteiger partial charge in [0.2, 0.25) is 0 Å². The molecule has 2 atom stereocenters. The van der Waals surface area contributed by atoms with E-state index in [1.807, 2.05) is 18.3 Å². The number of hydrogen-bond acceptors (Lipinski definition) is 5. The van der Waals surface area contributed by atoms with Crippen molar-refractivity contribution in [2.45, 2.75) is 62.5 Å². The average molecular weight is 391 g/mol. The van der Waals surface area contributed by atoms with Crippen LogP contribution in [-0.4, -0.2) is 32.9 Å². The van der Waals surface area contributed by atoms with E-state index in [-0.39, 0.29) is 17.7 Å². The Bertz CT molecular complexity index is 977. The van der Waals surface area contributed by atoms with Crippen molar-refractivity contribution in [3.63, 3.8) is 0 Å². The average Bonchev–Trinajstić information content (AvgIpc) is 3.27. The second kappa shape index (κ2) is 6.08. The minimum absolute atomic E-state index is 0.0196. The fourth-order valence-electron chi connectivity index (χ4n) is 5.88. The molecule has 3 N–H and O–H groups in total. The van der Waals surface area contributed by atoms with Gasteiger partial charge in [-0.05, 0) is 68.6 Å². The lowest BCUT2D eigenvalue weighted by molar-refractivity contribution is -0.147. The maximum absolute atomic E-state index is 12.4. The lowest BCUT2D eigenvalue weighted by Crippen LogP contribution is -2.74. The van der Waals surface area contributed by atoms with Gasteiger partial charge in [0.25, 0.3) is 0 Å². The Morgan fingerprint density at radius 3 is 2.97 bits per heavy atom. The summed E-state index contributed by atoms with van der Waals surface area (Å²) in [5, 5.41) is 14.1. The predicted molar refractivity (Wildman–Crippen MR) is 109 cm³/mol. The number of ether oxygens (including phenoxy) is 1. The number of amides is 1. The molecule has 29 heavy (non-hydrogen) atoms. The van der Waals surface area contributed by atoms with Crippen LogP contribution in [0.4, 0.5) is 16.3 Å². The minimum Gasteiger partial charge on any atom is -0.446 e. The van der Waals surface area contributed by atoms with Crippen LogP contribution in [0.1, 0.15) is 62.3 Å². The van der Waals surface area contributed by atoms with E-state index in [1.54, 1.807) is 0 Å². The van der Waals surface area contributed by atoms with Crippen molar-refractivity contribution >= 4 is 23.7 Å². The number of aromatic amines is 1. The van der Waals surface area contributed by atoms with Crippen LogP contribution in [0.15, 0.2) is 30.5 Å². The highest BCUT2D eigenvalue weighted by molar-refractivity contribution is 5.69. The molecule has 4 aliphatic carbocycles. The summed E-state index contributed by atoms with van der Waals surface area (Å²) in [5.74, 6) is 1.13. The van der Waals surface area contributed by atoms with Crippen molar-refractivity contribution in [1.29, 1.82) is 0 Å². The van der Waals surface area contributed by atoms with Crippen molar-refractivity contribution in [1.82, 2.24) is 20.5 Å². The van der Waals surface area contributed by atoms with E-state index in [0.29, 0.717) is 11.3 Å². The van der Waals surface area contributed by atoms with Crippen molar-refractivity contribution in [3.8, 4) is 0 Å². The number of nitrogens with zero attached hydrogens (tertiary/aromatic N) is 2. The molecule has 8 bridgehead atoms. The summed E-state index contributed by atoms with van der Waals surface area (Å²) in [6.07, 6.45) is 12.8. The van der Waals surface area contributed by atoms with Gasteiger partial charge in [0.1, 0.15) is 6.10 Å². The molecule has 150 valence electrons. The number of rotatable bonds is 0. The van der Waals surface area contributed by atoms with Crippen LogP contribution in [-0.2, 0) is 4.74 Å². The van der Waals surface area contributed by atoms with Crippen molar-refractivity contribution in [2.75, 3.05) is 5.32 Å². The summed E-state index contributed by atoms with van der Waals surface area (Å²) in [5.41, 5.74) is 3.33. The molecule has 7 nitrogen and oxygen atoms in total. The molecule has 9 rings (SSSR count). The zero-order valence-corrected chi connectivity index (χ0v) is 16.3. The molecule has 3 aliphatic heterocycles. The number of nitrogens with one attached hydrogen (secondary N) is 3. The summed E-state index contributed by atoms with van der Waals surface area (Å²) < 4.78 is 5.75. The number of aromatic nitrogens is 3. The minimum atomic E-state index is -0.246. The zero-order valence-electron chi connectivity index (χ0n) is 16.3. The molecule has 5 heterocycles. The Morgan fingerprint density at radius 2 is 2.07 bits per heavy atom. The predicted octanol–water partition coefficient (Wildman–Crippen LogP) is 4.25. The molecular weight excluding hydrogens is 366 g/mol. The quantitative estimate of drug-likeness (QED) is 0.624. The third kappa shape index (κ3) is 2.99. The first-order valence-corrected chi connectivity index (χ1v) is 10.5. The molecule has 7 aliphatic rings. The Labute approximate surface area is 169 Å². The summed E-state index contributed by atoms with van der Waals surface area (Å²) in [4.78, 5) is 16.9. The van der Waals surface area contributed by atoms with Gasteiger partial charge in [0.15, 0.2) is 5.82 Å². The van der Waals surface area contributed by atoms with Crippen LogP contribution in [0.5, 0.6) is 0 Å². The van der Waals surface area contributed by atoms with Crippen molar-refractivity contribution in [3.05, 3.63) is 41.9 Å². The molecular formula is C22H25N5O2. The van der Waals surface area contributed by atoms with Gasteiger partial charge in [-0.1, -0.05) is 6.08 Å². The number of H-pyrrole nitrogens is 1. The van der Waals surface area contributed by atoms with Gasteiger partial charge in [-0.15, -0.1) is 0 Å². The fourth-order valence-corrected chi connectivity index (χ4v) is 5.88. The highest BCUT2D eigenvalue weighted by atomic mass is 16.6. The summed E-state index contributed by atoms with van der Waals surface area (Å²) in [6, 6.07) is 6.05. The van der Waals surface area contributed by atoms with Crippen LogP contribution < -0.4 is 10.6 Å². The molecule has 1 amide bonds. The third-order valence-corrected chi connectivity index (χ3v) is 7.10. The molecule has 0 aromatic carbocycles. The Morgan fingerprint density at radius 1 is 1.17 bits per heavy atom. The molecule has 2 aromatic heterocycles. The molecule has 0 radical (unpaired) electrons. The number of carbonyl (C=O) groups is 1. The van der Waals surface area contributed by atoms with Crippen LogP contribution >= 0.6 is 0 Å². The van der Waals surface area contributed by atoms with Crippen molar-refractivity contribution < 1.29 is 9.53 Å². The number of allylic oxidation sites excluding steroid dienone is 1. The first-order chi connectivity index (χ1) is 14.1. The largest absolute Gasteiger partial charge is 0.446 e. The normalized spacial score (nSPS) is 36.1. The SMILES string of the molecule is O=C1NC23CC(C/C=C/c4cc(ccn4)Nc4cc([nH]n4)[C@H]4CC[C@H](C4)O1)(C2)C3. The Hall–Kier alpha value is -2.83. The topological polar surface area (TPSA) is 91.9 Å². The van der Waals surface area contributed by atoms with Crippen molar-refractivity contribution in [2.24, 2.45) is 5.41 Å². The molecule has 4 saturated carbocycles. The summed E-state index contributed by atoms with van der Waals surface area (Å²) in [7, 11) is 0. The third-order valence-electron chi connectivity index (χ3n) is 7.10. The fraction of sp³-hybridized carbons (Fsp3) is 0.500. The van der Waals surface area contributed by atoms with Crippen LogP contribution in [0.3, 0.4) is 0 Å². The second-order valence-electron chi connectivity index (χ2n) is 9.38. The molecule has 0 saturated heterocycles. The van der Waals surface area contributed by atoms with Crippen LogP contribution in [0.2, 0.25) is 0 Å². The van der Waals surface area contributed by atoms with E-state index in [9.17, 15) is 4.79 Å². The smallest absolute Gasteiger partial charge is 0.407 e. The van der Waals surface area contributed by atoms with Gasteiger partial charge in [0, 0.05) is 35.1 Å². The highest BCUT2D eigenvalue weighted by Crippen LogP contribution is 2.69. The number of pyridine rings is 1. The van der Waals surface area contributed by atoms with E-state index in [1.165, 1.54) is 0 Å². The maximum Gasteiger partial charge on any atom is 0.407 e. The molecule has 0 spiro atoms. The van der Waals surface area contributed by atoms with E-state index in [2.05, 4.69) is 44.0 Å². The van der Waals surface area contributed by atoms with Gasteiger partial charge in [-0.3, -0.25) is 10.1 Å². The van der Waals surface area contributed by atoms with E-state index in [0.717, 1.165) is 67.8 Å².